The van der Waals surface area contributed by atoms with E-state index in [4.69, 9.17) is 0 Å². The van der Waals surface area contributed by atoms with Crippen molar-refractivity contribution in [2.45, 2.75) is 37.6 Å². The van der Waals surface area contributed by atoms with Crippen LogP contribution in [-0.2, 0) is 12.6 Å². The van der Waals surface area contributed by atoms with Gasteiger partial charge in [-0.25, -0.2) is 0 Å². The zero-order valence-electron chi connectivity index (χ0n) is 10.1. The monoisotopic (exact) mass is 256 g/mol. The van der Waals surface area contributed by atoms with Gasteiger partial charge in [0.15, 0.2) is 0 Å². The molecule has 0 heterocycles. The summed E-state index contributed by atoms with van der Waals surface area (Å²) in [6.45, 7) is 4.04. The van der Waals surface area contributed by atoms with Crippen molar-refractivity contribution in [2.24, 2.45) is 5.92 Å². The van der Waals surface area contributed by atoms with Crippen molar-refractivity contribution in [1.82, 2.24) is 0 Å². The molecule has 2 atom stereocenters. The maximum absolute atomic E-state index is 12.8. The maximum Gasteiger partial charge on any atom is 0.416 e. The van der Waals surface area contributed by atoms with Crippen molar-refractivity contribution in [3.05, 3.63) is 35.4 Å². The van der Waals surface area contributed by atoms with Crippen molar-refractivity contribution >= 4 is 16.3 Å². The number of hydrogen-bond acceptors (Lipinski definition) is 0. The van der Waals surface area contributed by atoms with E-state index in [2.05, 4.69) is 16.3 Å². The summed E-state index contributed by atoms with van der Waals surface area (Å²) in [6.07, 6.45) is -2.82. The Morgan fingerprint density at radius 1 is 1.24 bits per heavy atom. The molecule has 0 saturated heterocycles. The zero-order chi connectivity index (χ0) is 13.1. The SMILES string of the molecule is CC[CH]([Al])C(C)Cc1ccccc1C(F)(F)F. The molecule has 0 saturated carbocycles. The molecule has 4 heteroatoms. The summed E-state index contributed by atoms with van der Waals surface area (Å²) in [7, 11) is 0. The summed E-state index contributed by atoms with van der Waals surface area (Å²) in [5.74, 6) is 0.230. The lowest BCUT2D eigenvalue weighted by Crippen LogP contribution is -2.14. The first-order chi connectivity index (χ1) is 7.86. The summed E-state index contributed by atoms with van der Waals surface area (Å²) in [4.78, 5) is 0. The van der Waals surface area contributed by atoms with Gasteiger partial charge in [0, 0.05) is 0 Å². The highest BCUT2D eigenvalue weighted by molar-refractivity contribution is 6.11. The summed E-state index contributed by atoms with van der Waals surface area (Å²) < 4.78 is 38.7. The van der Waals surface area contributed by atoms with Crippen molar-refractivity contribution in [3.63, 3.8) is 0 Å². The van der Waals surface area contributed by atoms with Crippen LogP contribution in [0.5, 0.6) is 0 Å². The molecule has 1 aromatic carbocycles. The lowest BCUT2D eigenvalue weighted by Gasteiger charge is -2.21. The predicted octanol–water partition coefficient (Wildman–Crippen LogP) is 4.25. The van der Waals surface area contributed by atoms with Gasteiger partial charge in [-0.3, -0.25) is 0 Å². The van der Waals surface area contributed by atoms with E-state index in [9.17, 15) is 13.2 Å². The van der Waals surface area contributed by atoms with Crippen molar-refractivity contribution in [3.8, 4) is 0 Å². The van der Waals surface area contributed by atoms with Gasteiger partial charge in [-0.15, -0.1) is 4.78 Å². The molecule has 92 valence electrons. The summed E-state index contributed by atoms with van der Waals surface area (Å²) in [6, 6.07) is 5.84. The number of rotatable bonds is 4. The van der Waals surface area contributed by atoms with Crippen LogP contribution in [0.4, 0.5) is 13.2 Å². The first-order valence-corrected chi connectivity index (χ1v) is 6.43. The van der Waals surface area contributed by atoms with Crippen LogP contribution in [0.15, 0.2) is 24.3 Å². The zero-order valence-corrected chi connectivity index (χ0v) is 11.2. The minimum absolute atomic E-state index is 0.230. The van der Waals surface area contributed by atoms with E-state index in [-0.39, 0.29) is 5.92 Å². The lowest BCUT2D eigenvalue weighted by atomic mass is 9.93. The van der Waals surface area contributed by atoms with E-state index in [1.54, 1.807) is 12.1 Å². The largest absolute Gasteiger partial charge is 0.416 e. The molecule has 0 amide bonds. The van der Waals surface area contributed by atoms with Crippen LogP contribution in [-0.4, -0.2) is 16.3 Å². The maximum atomic E-state index is 12.8. The number of hydrogen-bond donors (Lipinski definition) is 0. The molecule has 0 nitrogen and oxygen atoms in total. The molecule has 0 fully saturated rings. The van der Waals surface area contributed by atoms with Gasteiger partial charge in [-0.1, -0.05) is 44.4 Å². The Balaban J connectivity index is 2.91. The van der Waals surface area contributed by atoms with E-state index in [1.807, 2.05) is 13.8 Å². The number of benzene rings is 1. The Labute approximate surface area is 109 Å². The molecule has 0 aliphatic heterocycles. The van der Waals surface area contributed by atoms with Crippen LogP contribution in [0.1, 0.15) is 31.4 Å². The van der Waals surface area contributed by atoms with Crippen LogP contribution in [0.25, 0.3) is 0 Å². The van der Waals surface area contributed by atoms with Crippen LogP contribution in [0.3, 0.4) is 0 Å². The first-order valence-electron chi connectivity index (χ1n) is 5.77. The van der Waals surface area contributed by atoms with E-state index in [0.717, 1.165) is 12.5 Å². The molecule has 1 aromatic rings. The third-order valence-electron chi connectivity index (χ3n) is 3.07. The first kappa shape index (κ1) is 14.6. The van der Waals surface area contributed by atoms with Gasteiger partial charge < -0.3 is 0 Å². The Bertz CT molecular complexity index is 360. The predicted molar refractivity (Wildman–Crippen MR) is 64.1 cm³/mol. The Morgan fingerprint density at radius 3 is 2.35 bits per heavy atom. The highest BCUT2D eigenvalue weighted by atomic mass is 27.0. The fraction of sp³-hybridized carbons (Fsp3) is 0.538. The molecule has 0 aromatic heterocycles. The quantitative estimate of drug-likeness (QED) is 0.706. The minimum atomic E-state index is -4.25. The van der Waals surface area contributed by atoms with Crippen molar-refractivity contribution < 1.29 is 13.2 Å². The second-order valence-corrected chi connectivity index (χ2v) is 5.26. The Kier molecular flexibility index (Phi) is 5.09. The standard InChI is InChI=1S/C13H16F3.Al/c1-3-6-10(2)9-11-7-4-5-8-12(11)13(14,15)16;/h4-8,10H,3,9H2,1-2H3;. The smallest absolute Gasteiger partial charge is 0.166 e. The highest BCUT2D eigenvalue weighted by Gasteiger charge is 2.33. The third-order valence-corrected chi connectivity index (χ3v) is 4.20. The normalized spacial score (nSPS) is 15.6. The van der Waals surface area contributed by atoms with Gasteiger partial charge >= 0.3 is 6.18 Å². The van der Waals surface area contributed by atoms with Gasteiger partial charge in [0.1, 0.15) is 16.3 Å². The molecular formula is C13H16AlF3. The topological polar surface area (TPSA) is 0 Å². The van der Waals surface area contributed by atoms with Gasteiger partial charge in [0.25, 0.3) is 0 Å². The Morgan fingerprint density at radius 2 is 1.82 bits per heavy atom. The molecule has 0 aliphatic carbocycles. The molecule has 2 unspecified atom stereocenters. The van der Waals surface area contributed by atoms with Crippen molar-refractivity contribution in [1.29, 1.82) is 0 Å². The summed E-state index contributed by atoms with van der Waals surface area (Å²) >= 11 is 2.71. The second-order valence-electron chi connectivity index (χ2n) is 4.41. The highest BCUT2D eigenvalue weighted by Crippen LogP contribution is 2.34. The molecular weight excluding hydrogens is 240 g/mol. The van der Waals surface area contributed by atoms with Crippen LogP contribution in [0, 0.1) is 5.92 Å². The Hall–Kier alpha value is -0.458. The van der Waals surface area contributed by atoms with Crippen LogP contribution < -0.4 is 0 Å². The van der Waals surface area contributed by atoms with Gasteiger partial charge in [0.05, 0.1) is 5.56 Å². The van der Waals surface area contributed by atoms with Gasteiger partial charge in [-0.05, 0) is 18.1 Å². The average Bonchev–Trinajstić information content (AvgIpc) is 2.27. The number of alkyl halides is 3. The molecule has 0 N–H and O–H groups in total. The van der Waals surface area contributed by atoms with Crippen LogP contribution >= 0.6 is 0 Å². The fourth-order valence-corrected chi connectivity index (χ4v) is 2.01. The van der Waals surface area contributed by atoms with E-state index >= 15 is 0 Å². The average molecular weight is 256 g/mol. The minimum Gasteiger partial charge on any atom is -0.166 e. The van der Waals surface area contributed by atoms with Gasteiger partial charge in [-0.2, -0.15) is 13.2 Å². The molecule has 0 aliphatic rings. The van der Waals surface area contributed by atoms with Gasteiger partial charge in [0.2, 0.25) is 0 Å². The summed E-state index contributed by atoms with van der Waals surface area (Å²) in [5.41, 5.74) is -0.103. The van der Waals surface area contributed by atoms with E-state index in [1.165, 1.54) is 6.07 Å². The third kappa shape index (κ3) is 4.05. The van der Waals surface area contributed by atoms with E-state index < -0.39 is 11.7 Å². The van der Waals surface area contributed by atoms with Crippen LogP contribution in [0.2, 0.25) is 4.78 Å². The molecule has 2 radical (unpaired) electrons. The van der Waals surface area contributed by atoms with E-state index in [0.29, 0.717) is 16.8 Å². The molecule has 0 bridgehead atoms. The molecule has 0 spiro atoms. The lowest BCUT2D eigenvalue weighted by molar-refractivity contribution is -0.138. The second kappa shape index (κ2) is 5.93. The summed E-state index contributed by atoms with van der Waals surface area (Å²) in [5, 5.41) is 0. The van der Waals surface area contributed by atoms with Crippen molar-refractivity contribution in [2.75, 3.05) is 0 Å². The fourth-order valence-electron chi connectivity index (χ4n) is 1.88. The molecule has 1 rings (SSSR count). The molecule has 17 heavy (non-hydrogen) atoms. The number of halogens is 3.